The number of nitriles is 1. The van der Waals surface area contributed by atoms with E-state index < -0.39 is 0 Å². The Hall–Kier alpha value is -2.71. The Morgan fingerprint density at radius 2 is 1.85 bits per heavy atom. The minimum atomic E-state index is -0.231. The van der Waals surface area contributed by atoms with Gasteiger partial charge in [0, 0.05) is 18.8 Å². The second-order valence-corrected chi connectivity index (χ2v) is 6.72. The van der Waals surface area contributed by atoms with Gasteiger partial charge in [0.2, 0.25) is 5.91 Å². The Morgan fingerprint density at radius 3 is 2.54 bits per heavy atom. The summed E-state index contributed by atoms with van der Waals surface area (Å²) in [5.41, 5.74) is 2.75. The summed E-state index contributed by atoms with van der Waals surface area (Å²) in [6.45, 7) is 2.38. The van der Waals surface area contributed by atoms with E-state index in [9.17, 15) is 9.18 Å². The van der Waals surface area contributed by atoms with Crippen molar-refractivity contribution in [3.05, 3.63) is 65.5 Å². The number of carbonyl (C=O) groups is 1. The van der Waals surface area contributed by atoms with Crippen LogP contribution >= 0.6 is 0 Å². The van der Waals surface area contributed by atoms with E-state index >= 15 is 0 Å². The highest BCUT2D eigenvalue weighted by atomic mass is 19.1. The zero-order valence-corrected chi connectivity index (χ0v) is 14.6. The van der Waals surface area contributed by atoms with Crippen molar-refractivity contribution in [2.75, 3.05) is 18.4 Å². The first-order chi connectivity index (χ1) is 12.6. The molecule has 1 heterocycles. The van der Waals surface area contributed by atoms with E-state index in [2.05, 4.69) is 16.3 Å². The number of hydrogen-bond donors (Lipinski definition) is 1. The highest BCUT2D eigenvalue weighted by Gasteiger charge is 2.25. The van der Waals surface area contributed by atoms with Crippen molar-refractivity contribution in [3.63, 3.8) is 0 Å². The Balaban J connectivity index is 1.55. The molecule has 1 saturated heterocycles. The van der Waals surface area contributed by atoms with Gasteiger partial charge in [-0.05, 0) is 54.8 Å². The Labute approximate surface area is 153 Å². The lowest BCUT2D eigenvalue weighted by Crippen LogP contribution is -2.40. The molecule has 1 amide bonds. The average Bonchev–Trinajstić information content (AvgIpc) is 2.66. The zero-order chi connectivity index (χ0) is 18.4. The van der Waals surface area contributed by atoms with E-state index in [-0.39, 0.29) is 17.6 Å². The van der Waals surface area contributed by atoms with Crippen LogP contribution in [-0.2, 0) is 17.8 Å². The van der Waals surface area contributed by atoms with Gasteiger partial charge in [0.05, 0.1) is 18.4 Å². The largest absolute Gasteiger partial charge is 0.326 e. The summed E-state index contributed by atoms with van der Waals surface area (Å²) in [4.78, 5) is 14.8. The fourth-order valence-electron chi connectivity index (χ4n) is 3.30. The highest BCUT2D eigenvalue weighted by molar-refractivity contribution is 5.92. The van der Waals surface area contributed by atoms with E-state index in [1.54, 1.807) is 12.1 Å². The number of benzene rings is 2. The standard InChI is InChI=1S/C21H22FN3O/c22-19-7-3-17(4-8-19)14-25-13-1-2-18(15-25)21(26)24-20-9-5-16(6-10-20)11-12-23/h3-10,18H,1-2,11,13-15H2,(H,24,26). The quantitative estimate of drug-likeness (QED) is 0.893. The fourth-order valence-corrected chi connectivity index (χ4v) is 3.30. The van der Waals surface area contributed by atoms with Gasteiger partial charge in [-0.3, -0.25) is 9.69 Å². The molecule has 0 radical (unpaired) electrons. The zero-order valence-electron chi connectivity index (χ0n) is 14.6. The SMILES string of the molecule is N#CCc1ccc(NC(=O)C2CCCN(Cc3ccc(F)cc3)C2)cc1. The van der Waals surface area contributed by atoms with Crippen LogP contribution in [0.25, 0.3) is 0 Å². The van der Waals surface area contributed by atoms with Gasteiger partial charge in [-0.2, -0.15) is 5.26 Å². The van der Waals surface area contributed by atoms with Crippen LogP contribution < -0.4 is 5.32 Å². The number of piperidine rings is 1. The summed E-state index contributed by atoms with van der Waals surface area (Å²) in [7, 11) is 0. The summed E-state index contributed by atoms with van der Waals surface area (Å²) in [6, 6.07) is 16.0. The van der Waals surface area contributed by atoms with Gasteiger partial charge < -0.3 is 5.32 Å². The molecular formula is C21H22FN3O. The second kappa shape index (κ2) is 8.59. The van der Waals surface area contributed by atoms with E-state index in [1.807, 2.05) is 24.3 Å². The molecule has 1 N–H and O–H groups in total. The van der Waals surface area contributed by atoms with Gasteiger partial charge in [0.1, 0.15) is 5.82 Å². The first-order valence-electron chi connectivity index (χ1n) is 8.87. The lowest BCUT2D eigenvalue weighted by molar-refractivity contribution is -0.121. The fraction of sp³-hybridized carbons (Fsp3) is 0.333. The minimum Gasteiger partial charge on any atom is -0.326 e. The molecule has 1 atom stereocenters. The van der Waals surface area contributed by atoms with Crippen molar-refractivity contribution < 1.29 is 9.18 Å². The molecule has 3 rings (SSSR count). The van der Waals surface area contributed by atoms with Crippen molar-refractivity contribution in [2.45, 2.75) is 25.8 Å². The van der Waals surface area contributed by atoms with Crippen LogP contribution in [0.2, 0.25) is 0 Å². The van der Waals surface area contributed by atoms with Gasteiger partial charge in [0.15, 0.2) is 0 Å². The third kappa shape index (κ3) is 4.90. The molecule has 2 aromatic rings. The lowest BCUT2D eigenvalue weighted by atomic mass is 9.96. The molecule has 26 heavy (non-hydrogen) atoms. The molecule has 1 aliphatic heterocycles. The monoisotopic (exact) mass is 351 g/mol. The number of likely N-dealkylation sites (tertiary alicyclic amines) is 1. The maximum absolute atomic E-state index is 13.0. The van der Waals surface area contributed by atoms with Gasteiger partial charge >= 0.3 is 0 Å². The number of amides is 1. The Bertz CT molecular complexity index is 780. The normalized spacial score (nSPS) is 17.5. The van der Waals surface area contributed by atoms with Crippen molar-refractivity contribution in [2.24, 2.45) is 5.92 Å². The smallest absolute Gasteiger partial charge is 0.228 e. The number of rotatable bonds is 5. The third-order valence-electron chi connectivity index (χ3n) is 4.70. The Kier molecular flexibility index (Phi) is 5.98. The van der Waals surface area contributed by atoms with Gasteiger partial charge in [-0.1, -0.05) is 24.3 Å². The number of nitrogens with zero attached hydrogens (tertiary/aromatic N) is 2. The number of nitrogens with one attached hydrogen (secondary N) is 1. The molecular weight excluding hydrogens is 329 g/mol. The summed E-state index contributed by atoms with van der Waals surface area (Å²) in [5.74, 6) is -0.254. The van der Waals surface area contributed by atoms with Gasteiger partial charge in [-0.25, -0.2) is 4.39 Å². The number of halogens is 1. The van der Waals surface area contributed by atoms with E-state index in [0.717, 1.165) is 42.7 Å². The maximum atomic E-state index is 13.0. The van der Waals surface area contributed by atoms with Gasteiger partial charge in [0.25, 0.3) is 0 Å². The first kappa shape index (κ1) is 18.1. The molecule has 0 aromatic heterocycles. The molecule has 134 valence electrons. The average molecular weight is 351 g/mol. The van der Waals surface area contributed by atoms with Crippen LogP contribution in [0.5, 0.6) is 0 Å². The minimum absolute atomic E-state index is 0.0295. The second-order valence-electron chi connectivity index (χ2n) is 6.72. The molecule has 0 bridgehead atoms. The van der Waals surface area contributed by atoms with Crippen LogP contribution in [0.3, 0.4) is 0 Å². The number of anilines is 1. The molecule has 0 spiro atoms. The topological polar surface area (TPSA) is 56.1 Å². The summed E-state index contributed by atoms with van der Waals surface area (Å²) in [6.07, 6.45) is 2.22. The van der Waals surface area contributed by atoms with Crippen molar-refractivity contribution >= 4 is 11.6 Å². The first-order valence-corrected chi connectivity index (χ1v) is 8.87. The lowest BCUT2D eigenvalue weighted by Gasteiger charge is -2.32. The van der Waals surface area contributed by atoms with Gasteiger partial charge in [-0.15, -0.1) is 0 Å². The predicted molar refractivity (Wildman–Crippen MR) is 98.8 cm³/mol. The molecule has 1 fully saturated rings. The van der Waals surface area contributed by atoms with Crippen LogP contribution in [0.1, 0.15) is 24.0 Å². The molecule has 1 aliphatic rings. The van der Waals surface area contributed by atoms with Crippen LogP contribution in [0.15, 0.2) is 48.5 Å². The molecule has 1 unspecified atom stereocenters. The highest BCUT2D eigenvalue weighted by Crippen LogP contribution is 2.21. The predicted octanol–water partition coefficient (Wildman–Crippen LogP) is 3.74. The number of hydrogen-bond acceptors (Lipinski definition) is 3. The van der Waals surface area contributed by atoms with E-state index in [4.69, 9.17) is 5.26 Å². The van der Waals surface area contributed by atoms with Crippen molar-refractivity contribution in [1.82, 2.24) is 4.90 Å². The van der Waals surface area contributed by atoms with Crippen molar-refractivity contribution in [1.29, 1.82) is 5.26 Å². The summed E-state index contributed by atoms with van der Waals surface area (Å²) < 4.78 is 13.0. The maximum Gasteiger partial charge on any atom is 0.228 e. The summed E-state index contributed by atoms with van der Waals surface area (Å²) >= 11 is 0. The molecule has 2 aromatic carbocycles. The number of carbonyl (C=O) groups excluding carboxylic acids is 1. The van der Waals surface area contributed by atoms with Crippen molar-refractivity contribution in [3.8, 4) is 6.07 Å². The molecule has 4 nitrogen and oxygen atoms in total. The van der Waals surface area contributed by atoms with E-state index in [0.29, 0.717) is 13.0 Å². The van der Waals surface area contributed by atoms with Crippen LogP contribution in [0, 0.1) is 23.1 Å². The molecule has 5 heteroatoms. The van der Waals surface area contributed by atoms with Crippen LogP contribution in [0.4, 0.5) is 10.1 Å². The molecule has 0 saturated carbocycles. The van der Waals surface area contributed by atoms with Crippen LogP contribution in [-0.4, -0.2) is 23.9 Å². The molecule has 0 aliphatic carbocycles. The third-order valence-corrected chi connectivity index (χ3v) is 4.70. The summed E-state index contributed by atoms with van der Waals surface area (Å²) in [5, 5.41) is 11.7. The van der Waals surface area contributed by atoms with E-state index in [1.165, 1.54) is 12.1 Å². The Morgan fingerprint density at radius 1 is 1.15 bits per heavy atom.